The second-order valence-electron chi connectivity index (χ2n) is 6.14. The first-order valence-corrected chi connectivity index (χ1v) is 10.3. The Bertz CT molecular complexity index is 764. The van der Waals surface area contributed by atoms with Gasteiger partial charge in [-0.2, -0.15) is 0 Å². The first-order chi connectivity index (χ1) is 12.5. The zero-order valence-corrected chi connectivity index (χ0v) is 17.2. The van der Waals surface area contributed by atoms with Crippen LogP contribution in [0.25, 0.3) is 0 Å². The van der Waals surface area contributed by atoms with E-state index in [-0.39, 0.29) is 0 Å². The number of aromatic nitrogens is 4. The number of nitrogens with zero attached hydrogens (tertiary/aromatic N) is 4. The van der Waals surface area contributed by atoms with E-state index in [4.69, 9.17) is 0 Å². The molecular formula is C18H24N6S2. The maximum absolute atomic E-state index is 4.56. The molecule has 3 aromatic heterocycles. The van der Waals surface area contributed by atoms with Gasteiger partial charge in [0.05, 0.1) is 21.4 Å². The van der Waals surface area contributed by atoms with Gasteiger partial charge < -0.3 is 10.6 Å². The van der Waals surface area contributed by atoms with E-state index in [9.17, 15) is 0 Å². The van der Waals surface area contributed by atoms with E-state index in [0.717, 1.165) is 59.0 Å². The monoisotopic (exact) mass is 388 g/mol. The second kappa shape index (κ2) is 8.55. The van der Waals surface area contributed by atoms with Crippen LogP contribution in [0.1, 0.15) is 31.2 Å². The highest BCUT2D eigenvalue weighted by Gasteiger charge is 2.05. The Kier molecular flexibility index (Phi) is 6.16. The van der Waals surface area contributed by atoms with E-state index in [1.165, 1.54) is 9.75 Å². The topological polar surface area (TPSA) is 75.6 Å². The van der Waals surface area contributed by atoms with Crippen LogP contribution in [0.2, 0.25) is 0 Å². The molecule has 0 atom stereocenters. The lowest BCUT2D eigenvalue weighted by Crippen LogP contribution is -2.09. The van der Waals surface area contributed by atoms with Crippen LogP contribution in [-0.2, 0) is 12.8 Å². The fourth-order valence-corrected chi connectivity index (χ4v) is 4.30. The predicted molar refractivity (Wildman–Crippen MR) is 110 cm³/mol. The molecule has 6 nitrogen and oxygen atoms in total. The van der Waals surface area contributed by atoms with Crippen LogP contribution < -0.4 is 10.6 Å². The van der Waals surface area contributed by atoms with E-state index in [1.54, 1.807) is 29.0 Å². The fraction of sp³-hybridized carbons (Fsp3) is 0.444. The van der Waals surface area contributed by atoms with Gasteiger partial charge in [-0.3, -0.25) is 0 Å². The Morgan fingerprint density at radius 1 is 0.769 bits per heavy atom. The summed E-state index contributed by atoms with van der Waals surface area (Å²) in [6, 6.07) is 1.94. The molecule has 3 rings (SSSR count). The number of hydrogen-bond donors (Lipinski definition) is 2. The number of nitrogens with one attached hydrogen (secondary N) is 2. The molecule has 0 unspecified atom stereocenters. The fourth-order valence-electron chi connectivity index (χ4n) is 2.44. The third-order valence-electron chi connectivity index (χ3n) is 4.10. The minimum absolute atomic E-state index is 0.806. The molecule has 0 aliphatic heterocycles. The molecule has 3 aromatic rings. The van der Waals surface area contributed by atoms with E-state index in [1.807, 2.05) is 6.07 Å². The summed E-state index contributed by atoms with van der Waals surface area (Å²) >= 11 is 3.53. The lowest BCUT2D eigenvalue weighted by molar-refractivity contribution is 0.960. The molecule has 8 heteroatoms. The molecule has 0 aliphatic rings. The van der Waals surface area contributed by atoms with Gasteiger partial charge in [0.15, 0.2) is 0 Å². The SMILES string of the molecule is Cc1nc(CCNc2cc(NCCc3nc(C)c(C)s3)ncn2)sc1C. The molecule has 0 radical (unpaired) electrons. The summed E-state index contributed by atoms with van der Waals surface area (Å²) in [5.41, 5.74) is 2.26. The average Bonchev–Trinajstić information content (AvgIpc) is 3.09. The molecule has 2 N–H and O–H groups in total. The van der Waals surface area contributed by atoms with Crippen LogP contribution >= 0.6 is 22.7 Å². The summed E-state index contributed by atoms with van der Waals surface area (Å²) in [4.78, 5) is 20.3. The van der Waals surface area contributed by atoms with Gasteiger partial charge in [-0.1, -0.05) is 0 Å². The largest absolute Gasteiger partial charge is 0.369 e. The Balaban J connectivity index is 1.46. The standard InChI is InChI=1S/C18H24N6S2/c1-11-13(3)25-17(23-11)5-7-19-15-9-16(22-10-21-15)20-8-6-18-24-12(2)14(4)26-18/h9-10H,5-8H2,1-4H3,(H2,19,20,21,22). The highest BCUT2D eigenvalue weighted by molar-refractivity contribution is 7.11. The number of aryl methyl sites for hydroxylation is 4. The van der Waals surface area contributed by atoms with Crippen molar-refractivity contribution in [2.24, 2.45) is 0 Å². The highest BCUT2D eigenvalue weighted by atomic mass is 32.1. The zero-order valence-electron chi connectivity index (χ0n) is 15.6. The molecule has 26 heavy (non-hydrogen) atoms. The maximum atomic E-state index is 4.56. The molecule has 0 spiro atoms. The van der Waals surface area contributed by atoms with E-state index in [2.05, 4.69) is 58.3 Å². The normalized spacial score (nSPS) is 10.9. The van der Waals surface area contributed by atoms with Crippen molar-refractivity contribution in [1.29, 1.82) is 0 Å². The molecule has 0 aromatic carbocycles. The number of rotatable bonds is 8. The smallest absolute Gasteiger partial charge is 0.131 e. The molecule has 0 saturated heterocycles. The maximum Gasteiger partial charge on any atom is 0.131 e. The predicted octanol–water partition coefficient (Wildman–Crippen LogP) is 3.93. The summed E-state index contributed by atoms with van der Waals surface area (Å²) < 4.78 is 0. The molecule has 0 aliphatic carbocycles. The minimum atomic E-state index is 0.806. The number of anilines is 2. The molecule has 0 fully saturated rings. The number of hydrogen-bond acceptors (Lipinski definition) is 8. The molecule has 0 saturated carbocycles. The van der Waals surface area contributed by atoms with Crippen molar-refractivity contribution in [1.82, 2.24) is 19.9 Å². The van der Waals surface area contributed by atoms with E-state index in [0.29, 0.717) is 0 Å². The second-order valence-corrected chi connectivity index (χ2v) is 8.72. The van der Waals surface area contributed by atoms with Gasteiger partial charge in [-0.15, -0.1) is 22.7 Å². The summed E-state index contributed by atoms with van der Waals surface area (Å²) in [5.74, 6) is 1.65. The molecule has 0 bridgehead atoms. The van der Waals surface area contributed by atoms with Crippen LogP contribution in [0.4, 0.5) is 11.6 Å². The van der Waals surface area contributed by atoms with Crippen molar-refractivity contribution in [3.05, 3.63) is 43.6 Å². The van der Waals surface area contributed by atoms with E-state index < -0.39 is 0 Å². The molecule has 3 heterocycles. The third kappa shape index (κ3) is 4.98. The Morgan fingerprint density at radius 3 is 1.62 bits per heavy atom. The van der Waals surface area contributed by atoms with Gasteiger partial charge in [-0.05, 0) is 27.7 Å². The van der Waals surface area contributed by atoms with Crippen LogP contribution in [-0.4, -0.2) is 33.0 Å². The van der Waals surface area contributed by atoms with Crippen molar-refractivity contribution in [2.75, 3.05) is 23.7 Å². The van der Waals surface area contributed by atoms with Crippen LogP contribution in [0.15, 0.2) is 12.4 Å². The lowest BCUT2D eigenvalue weighted by Gasteiger charge is -2.07. The summed E-state index contributed by atoms with van der Waals surface area (Å²) in [6.45, 7) is 9.95. The van der Waals surface area contributed by atoms with Crippen LogP contribution in [0.5, 0.6) is 0 Å². The summed E-state index contributed by atoms with van der Waals surface area (Å²) in [6.07, 6.45) is 3.38. The van der Waals surface area contributed by atoms with Crippen molar-refractivity contribution < 1.29 is 0 Å². The van der Waals surface area contributed by atoms with Crippen molar-refractivity contribution in [3.63, 3.8) is 0 Å². The Labute approximate surface area is 162 Å². The first-order valence-electron chi connectivity index (χ1n) is 8.67. The molecule has 138 valence electrons. The average molecular weight is 389 g/mol. The molecule has 0 amide bonds. The Morgan fingerprint density at radius 2 is 1.23 bits per heavy atom. The van der Waals surface area contributed by atoms with Crippen LogP contribution in [0.3, 0.4) is 0 Å². The van der Waals surface area contributed by atoms with Crippen molar-refractivity contribution in [2.45, 2.75) is 40.5 Å². The summed E-state index contributed by atoms with van der Waals surface area (Å²) in [7, 11) is 0. The zero-order chi connectivity index (χ0) is 18.5. The Hall–Kier alpha value is -2.06. The minimum Gasteiger partial charge on any atom is -0.369 e. The van der Waals surface area contributed by atoms with E-state index >= 15 is 0 Å². The van der Waals surface area contributed by atoms with Gasteiger partial charge >= 0.3 is 0 Å². The highest BCUT2D eigenvalue weighted by Crippen LogP contribution is 2.18. The lowest BCUT2D eigenvalue weighted by atomic mass is 10.4. The number of thiazole rings is 2. The summed E-state index contributed by atoms with van der Waals surface area (Å²) in [5, 5.41) is 9.01. The van der Waals surface area contributed by atoms with Gasteiger partial charge in [0, 0.05) is 41.8 Å². The van der Waals surface area contributed by atoms with Gasteiger partial charge in [0.1, 0.15) is 18.0 Å². The third-order valence-corrected chi connectivity index (χ3v) is 6.37. The van der Waals surface area contributed by atoms with Gasteiger partial charge in [0.2, 0.25) is 0 Å². The van der Waals surface area contributed by atoms with Crippen LogP contribution in [0, 0.1) is 27.7 Å². The first kappa shape index (κ1) is 18.7. The van der Waals surface area contributed by atoms with Gasteiger partial charge in [0.25, 0.3) is 0 Å². The van der Waals surface area contributed by atoms with Crippen molar-refractivity contribution in [3.8, 4) is 0 Å². The quantitative estimate of drug-likeness (QED) is 0.609. The van der Waals surface area contributed by atoms with Crippen molar-refractivity contribution >= 4 is 34.3 Å². The molecular weight excluding hydrogens is 364 g/mol. The van der Waals surface area contributed by atoms with Gasteiger partial charge in [-0.25, -0.2) is 19.9 Å².